The van der Waals surface area contributed by atoms with E-state index in [9.17, 15) is 0 Å². The van der Waals surface area contributed by atoms with Gasteiger partial charge in [0.1, 0.15) is 13.1 Å². The molecule has 0 aromatic carbocycles. The first kappa shape index (κ1) is 14.8. The van der Waals surface area contributed by atoms with Crippen molar-refractivity contribution in [3.63, 3.8) is 0 Å². The van der Waals surface area contributed by atoms with Crippen LogP contribution in [0.5, 0.6) is 0 Å². The van der Waals surface area contributed by atoms with Crippen molar-refractivity contribution in [2.45, 2.75) is 32.1 Å². The van der Waals surface area contributed by atoms with E-state index >= 15 is 0 Å². The second-order valence-electron chi connectivity index (χ2n) is 8.27. The molecule has 2 aliphatic heterocycles. The van der Waals surface area contributed by atoms with E-state index in [1.165, 1.54) is 80.3 Å². The molecule has 0 aromatic rings. The van der Waals surface area contributed by atoms with Crippen LogP contribution in [-0.4, -0.2) is 75.5 Å². The van der Waals surface area contributed by atoms with Gasteiger partial charge in [-0.05, 0) is 12.8 Å². The Morgan fingerprint density at radius 2 is 1.40 bits per heavy atom. The minimum absolute atomic E-state index is 0.965. The van der Waals surface area contributed by atoms with Gasteiger partial charge < -0.3 is 13.7 Å². The predicted octanol–water partition coefficient (Wildman–Crippen LogP) is 2.12. The van der Waals surface area contributed by atoms with Gasteiger partial charge in [0.05, 0.1) is 53.5 Å². The first-order chi connectivity index (χ1) is 9.59. The molecule has 2 saturated heterocycles. The van der Waals surface area contributed by atoms with Crippen molar-refractivity contribution in [3.05, 3.63) is 0 Å². The van der Waals surface area contributed by atoms with Crippen molar-refractivity contribution in [2.75, 3.05) is 66.6 Å². The highest BCUT2D eigenvalue weighted by molar-refractivity contribution is 4.80. The zero-order valence-corrected chi connectivity index (χ0v) is 13.6. The lowest BCUT2D eigenvalue weighted by Crippen LogP contribution is -2.53. The topological polar surface area (TPSA) is 9.23 Å². The smallest absolute Gasteiger partial charge is 0.102 e. The minimum Gasteiger partial charge on any atom is -0.370 e. The van der Waals surface area contributed by atoms with Gasteiger partial charge in [0.15, 0.2) is 0 Å². The average molecular weight is 282 g/mol. The summed E-state index contributed by atoms with van der Waals surface area (Å²) < 4.78 is 8.12. The van der Waals surface area contributed by atoms with Gasteiger partial charge in [-0.3, -0.25) is 0 Å². The molecular weight excluding hydrogens is 248 g/mol. The van der Waals surface area contributed by atoms with E-state index in [1.807, 2.05) is 0 Å². The standard InChI is InChI=1S/C17H34N2O/c1-18(10-12-20-13-11-18)8-5-9-19(2)14-16-6-3-4-7-17(16)15-19/h16-17H,3-15H2,1-2H3/q+2/t16-,17-/m1/s1. The second-order valence-corrected chi connectivity index (χ2v) is 8.27. The molecule has 3 heteroatoms. The number of nitrogens with zero attached hydrogens (tertiary/aromatic N) is 2. The van der Waals surface area contributed by atoms with Crippen LogP contribution in [0.15, 0.2) is 0 Å². The van der Waals surface area contributed by atoms with Crippen molar-refractivity contribution in [1.82, 2.24) is 0 Å². The number of likely N-dealkylation sites (N-methyl/N-ethyl adjacent to an activating group) is 1. The summed E-state index contributed by atoms with van der Waals surface area (Å²) in [6.07, 6.45) is 7.42. The van der Waals surface area contributed by atoms with Crippen molar-refractivity contribution >= 4 is 0 Å². The zero-order valence-electron chi connectivity index (χ0n) is 13.6. The van der Waals surface area contributed by atoms with Crippen molar-refractivity contribution < 1.29 is 13.7 Å². The van der Waals surface area contributed by atoms with Crippen LogP contribution in [0.3, 0.4) is 0 Å². The molecule has 2 atom stereocenters. The normalized spacial score (nSPS) is 35.7. The van der Waals surface area contributed by atoms with Crippen LogP contribution in [0.2, 0.25) is 0 Å². The Morgan fingerprint density at radius 3 is 2.00 bits per heavy atom. The van der Waals surface area contributed by atoms with Crippen LogP contribution in [0.4, 0.5) is 0 Å². The Kier molecular flexibility index (Phi) is 4.40. The summed E-state index contributed by atoms with van der Waals surface area (Å²) in [5.74, 6) is 2.11. The van der Waals surface area contributed by atoms with E-state index in [-0.39, 0.29) is 0 Å². The number of hydrogen-bond donors (Lipinski definition) is 0. The second kappa shape index (κ2) is 5.94. The number of quaternary nitrogens is 2. The van der Waals surface area contributed by atoms with Crippen LogP contribution in [0.1, 0.15) is 32.1 Å². The van der Waals surface area contributed by atoms with Gasteiger partial charge in [0.25, 0.3) is 0 Å². The van der Waals surface area contributed by atoms with Gasteiger partial charge in [-0.2, -0.15) is 0 Å². The summed E-state index contributed by atoms with van der Waals surface area (Å²) in [5, 5.41) is 0. The Bertz CT molecular complexity index is 311. The molecule has 1 saturated carbocycles. The average Bonchev–Trinajstić information content (AvgIpc) is 2.75. The Hall–Kier alpha value is -0.120. The largest absolute Gasteiger partial charge is 0.370 e. The molecule has 0 unspecified atom stereocenters. The number of fused-ring (bicyclic) bond motifs is 1. The molecule has 116 valence electrons. The molecular formula is C17H34N2O+2. The van der Waals surface area contributed by atoms with Gasteiger partial charge in [-0.15, -0.1) is 0 Å². The highest BCUT2D eigenvalue weighted by Gasteiger charge is 2.43. The fourth-order valence-electron chi connectivity index (χ4n) is 5.00. The lowest BCUT2D eigenvalue weighted by atomic mass is 9.82. The molecule has 2 heterocycles. The quantitative estimate of drug-likeness (QED) is 0.718. The van der Waals surface area contributed by atoms with Crippen LogP contribution < -0.4 is 0 Å². The van der Waals surface area contributed by atoms with E-state index in [0.29, 0.717) is 0 Å². The highest BCUT2D eigenvalue weighted by atomic mass is 16.5. The molecule has 0 spiro atoms. The summed E-state index contributed by atoms with van der Waals surface area (Å²) in [4.78, 5) is 0. The Morgan fingerprint density at radius 1 is 0.850 bits per heavy atom. The number of hydrogen-bond acceptors (Lipinski definition) is 1. The molecule has 0 N–H and O–H groups in total. The molecule has 3 rings (SSSR count). The highest BCUT2D eigenvalue weighted by Crippen LogP contribution is 2.39. The molecule has 0 bridgehead atoms. The number of morpholine rings is 1. The molecule has 0 aromatic heterocycles. The van der Waals surface area contributed by atoms with Crippen LogP contribution in [0.25, 0.3) is 0 Å². The maximum atomic E-state index is 5.51. The number of likely N-dealkylation sites (tertiary alicyclic amines) is 1. The lowest BCUT2D eigenvalue weighted by Gasteiger charge is -2.38. The summed E-state index contributed by atoms with van der Waals surface area (Å²) in [5.41, 5.74) is 0. The molecule has 3 aliphatic rings. The third-order valence-electron chi connectivity index (χ3n) is 6.36. The zero-order chi connectivity index (χ0) is 14.1. The van der Waals surface area contributed by atoms with E-state index in [4.69, 9.17) is 4.74 Å². The maximum Gasteiger partial charge on any atom is 0.102 e. The summed E-state index contributed by atoms with van der Waals surface area (Å²) in [6, 6.07) is 0. The molecule has 0 radical (unpaired) electrons. The molecule has 3 nitrogen and oxygen atoms in total. The van der Waals surface area contributed by atoms with Gasteiger partial charge in [-0.25, -0.2) is 0 Å². The van der Waals surface area contributed by atoms with Gasteiger partial charge in [-0.1, -0.05) is 12.8 Å². The lowest BCUT2D eigenvalue weighted by molar-refractivity contribution is -0.928. The summed E-state index contributed by atoms with van der Waals surface area (Å²) in [6.45, 7) is 10.1. The third-order valence-corrected chi connectivity index (χ3v) is 6.36. The van der Waals surface area contributed by atoms with Crippen molar-refractivity contribution in [3.8, 4) is 0 Å². The minimum atomic E-state index is 0.965. The summed E-state index contributed by atoms with van der Waals surface area (Å²) >= 11 is 0. The fraction of sp³-hybridized carbons (Fsp3) is 1.00. The van der Waals surface area contributed by atoms with E-state index < -0.39 is 0 Å². The number of rotatable bonds is 4. The SMILES string of the molecule is C[N+]1(CCC[N+]2(C)C[C@H]3CCCC[C@@H]3C2)CCOCC1. The number of ether oxygens (including phenoxy) is 1. The molecule has 1 aliphatic carbocycles. The van der Waals surface area contributed by atoms with E-state index in [2.05, 4.69) is 14.1 Å². The van der Waals surface area contributed by atoms with Crippen molar-refractivity contribution in [1.29, 1.82) is 0 Å². The van der Waals surface area contributed by atoms with Gasteiger partial charge in [0, 0.05) is 18.3 Å². The van der Waals surface area contributed by atoms with Crippen LogP contribution in [0, 0.1) is 11.8 Å². The van der Waals surface area contributed by atoms with Crippen molar-refractivity contribution in [2.24, 2.45) is 11.8 Å². The first-order valence-electron chi connectivity index (χ1n) is 8.84. The Balaban J connectivity index is 1.46. The van der Waals surface area contributed by atoms with E-state index in [1.54, 1.807) is 0 Å². The monoisotopic (exact) mass is 282 g/mol. The summed E-state index contributed by atoms with van der Waals surface area (Å²) in [7, 11) is 4.95. The molecule has 3 fully saturated rings. The fourth-order valence-corrected chi connectivity index (χ4v) is 5.00. The Labute approximate surface area is 125 Å². The maximum absolute atomic E-state index is 5.51. The van der Waals surface area contributed by atoms with Gasteiger partial charge >= 0.3 is 0 Å². The van der Waals surface area contributed by atoms with Gasteiger partial charge in [0.2, 0.25) is 0 Å². The van der Waals surface area contributed by atoms with Crippen LogP contribution in [-0.2, 0) is 4.74 Å². The molecule has 0 amide bonds. The third kappa shape index (κ3) is 3.37. The molecule has 20 heavy (non-hydrogen) atoms. The predicted molar refractivity (Wildman–Crippen MR) is 82.5 cm³/mol. The van der Waals surface area contributed by atoms with E-state index in [0.717, 1.165) is 25.0 Å². The van der Waals surface area contributed by atoms with Crippen LogP contribution >= 0.6 is 0 Å². The first-order valence-corrected chi connectivity index (χ1v) is 8.84.